The van der Waals surface area contributed by atoms with E-state index in [0.29, 0.717) is 0 Å². The summed E-state index contributed by atoms with van der Waals surface area (Å²) in [5.41, 5.74) is 76.4. The van der Waals surface area contributed by atoms with E-state index in [-0.39, 0.29) is 0 Å². The number of hydrogen-bond acceptors (Lipinski definition) is 7. The predicted octanol–water partition coefficient (Wildman–Crippen LogP) is 27.2. The molecule has 0 fully saturated rings. The Bertz CT molecular complexity index is 6490. The van der Waals surface area contributed by atoms with Gasteiger partial charge in [0.25, 0.3) is 0 Å². The van der Waals surface area contributed by atoms with Gasteiger partial charge in [-0.2, -0.15) is 0 Å². The van der Waals surface area contributed by atoms with Crippen LogP contribution in [-0.2, 0) is 44.9 Å². The van der Waals surface area contributed by atoms with Crippen LogP contribution in [0.2, 0.25) is 0 Å². The molecule has 119 heavy (non-hydrogen) atoms. The smallest absolute Gasteiger partial charge is 0.0417 e. The maximum absolute atomic E-state index is 4.66. The van der Waals surface area contributed by atoms with Crippen LogP contribution in [-0.4, -0.2) is 34.9 Å². The molecule has 7 aliphatic carbocycles. The Morgan fingerprint density at radius 3 is 1.13 bits per heavy atom. The Balaban J connectivity index is 0.000000108. The molecular formula is C112H119N7. The van der Waals surface area contributed by atoms with Crippen LogP contribution in [0.4, 0.5) is 0 Å². The van der Waals surface area contributed by atoms with Gasteiger partial charge in [0.2, 0.25) is 0 Å². The zero-order valence-electron chi connectivity index (χ0n) is 76.2. The summed E-state index contributed by atoms with van der Waals surface area (Å²) in [7, 11) is 0. The van der Waals surface area contributed by atoms with Gasteiger partial charge in [-0.15, -0.1) is 0 Å². The van der Waals surface area contributed by atoms with Crippen LogP contribution in [0.5, 0.6) is 0 Å². The summed E-state index contributed by atoms with van der Waals surface area (Å²) >= 11 is 0. The largest absolute Gasteiger partial charge is 0.261 e. The van der Waals surface area contributed by atoms with Crippen LogP contribution < -0.4 is 0 Å². The molecule has 0 atom stereocenters. The molecular weight excluding hydrogens is 1440 g/mol. The Kier molecular flexibility index (Phi) is 22.5. The maximum atomic E-state index is 4.66. The number of nitrogens with zero attached hydrogens (tertiary/aromatic N) is 7. The molecule has 0 bridgehead atoms. The van der Waals surface area contributed by atoms with Crippen molar-refractivity contribution in [3.8, 4) is 77.9 Å². The van der Waals surface area contributed by atoms with E-state index in [9.17, 15) is 0 Å². The van der Waals surface area contributed by atoms with Crippen molar-refractivity contribution in [3.05, 3.63) is 363 Å². The highest BCUT2D eigenvalue weighted by atomic mass is 14.7. The first kappa shape index (κ1) is 82.7. The van der Waals surface area contributed by atoms with Crippen molar-refractivity contribution in [2.45, 2.75) is 239 Å². The normalized spacial score (nSPS) is 12.5. The molecule has 0 N–H and O–H groups in total. The quantitative estimate of drug-likeness (QED) is 0.149. The number of hydrogen-bond donors (Lipinski definition) is 0. The number of rotatable bonds is 0. The fourth-order valence-corrected chi connectivity index (χ4v) is 20.3. The van der Waals surface area contributed by atoms with Gasteiger partial charge in [0, 0.05) is 126 Å². The van der Waals surface area contributed by atoms with E-state index >= 15 is 0 Å². The van der Waals surface area contributed by atoms with Gasteiger partial charge in [-0.25, -0.2) is 0 Å². The lowest BCUT2D eigenvalue weighted by molar-refractivity contribution is 1.04. The number of aromatic nitrogens is 7. The first-order valence-electron chi connectivity index (χ1n) is 43.0. The Labute approximate surface area is 709 Å². The highest BCUT2D eigenvalue weighted by molar-refractivity contribution is 5.88. The second kappa shape index (κ2) is 32.4. The van der Waals surface area contributed by atoms with Gasteiger partial charge in [-0.1, -0.05) is 126 Å². The second-order valence-corrected chi connectivity index (χ2v) is 35.6. The molecule has 0 saturated carbocycles. The number of pyridine rings is 7. The van der Waals surface area contributed by atoms with Crippen molar-refractivity contribution in [2.24, 2.45) is 0 Å². The minimum absolute atomic E-state index is 1.04. The van der Waals surface area contributed by atoms with Crippen molar-refractivity contribution in [1.82, 2.24) is 34.9 Å². The predicted molar refractivity (Wildman–Crippen MR) is 500 cm³/mol. The van der Waals surface area contributed by atoms with E-state index in [1.807, 2.05) is 12.4 Å². The molecule has 7 heteroatoms. The lowest BCUT2D eigenvalue weighted by Gasteiger charge is -2.12. The van der Waals surface area contributed by atoms with E-state index < -0.39 is 0 Å². The van der Waals surface area contributed by atoms with Crippen molar-refractivity contribution < 1.29 is 0 Å². The first-order valence-corrected chi connectivity index (χ1v) is 43.0. The summed E-state index contributed by atoms with van der Waals surface area (Å²) < 4.78 is 0. The second-order valence-electron chi connectivity index (χ2n) is 35.6. The fourth-order valence-electron chi connectivity index (χ4n) is 20.3. The molecule has 0 amide bonds. The summed E-state index contributed by atoms with van der Waals surface area (Å²) in [4.78, 5) is 32.1. The molecule has 7 aliphatic rings. The summed E-state index contributed by atoms with van der Waals surface area (Å²) in [6, 6.07) is 40.4. The van der Waals surface area contributed by atoms with Crippen LogP contribution in [0.15, 0.2) is 128 Å². The molecule has 602 valence electrons. The van der Waals surface area contributed by atoms with Gasteiger partial charge < -0.3 is 0 Å². The van der Waals surface area contributed by atoms with Crippen molar-refractivity contribution in [3.63, 3.8) is 0 Å². The minimum Gasteiger partial charge on any atom is -0.261 e. The minimum atomic E-state index is 1.04. The fraction of sp³-hybridized carbons (Fsp3) is 0.312. The summed E-state index contributed by atoms with van der Waals surface area (Å²) in [6.07, 6.45) is 13.5. The van der Waals surface area contributed by atoms with E-state index in [2.05, 4.69) is 344 Å². The van der Waals surface area contributed by atoms with E-state index in [1.165, 1.54) is 273 Å². The topological polar surface area (TPSA) is 90.2 Å². The van der Waals surface area contributed by atoms with Crippen LogP contribution in [0.1, 0.15) is 235 Å². The Morgan fingerprint density at radius 1 is 0.176 bits per heavy atom. The molecule has 0 radical (unpaired) electrons. The summed E-state index contributed by atoms with van der Waals surface area (Å²) in [5.74, 6) is 0. The Hall–Kier alpha value is -11.4. The van der Waals surface area contributed by atoms with Gasteiger partial charge in [0.1, 0.15) is 0 Å². The summed E-state index contributed by atoms with van der Waals surface area (Å²) in [6.45, 7) is 60.6. The van der Waals surface area contributed by atoms with Gasteiger partial charge in [-0.05, 0) is 428 Å². The molecule has 0 aliphatic heterocycles. The molecule has 14 aromatic rings. The van der Waals surface area contributed by atoms with E-state index in [0.717, 1.165) is 84.8 Å². The maximum Gasteiger partial charge on any atom is 0.0417 e. The molecule has 0 spiro atoms. The third-order valence-corrected chi connectivity index (χ3v) is 27.8. The molecule has 7 nitrogen and oxygen atoms in total. The van der Waals surface area contributed by atoms with Crippen molar-refractivity contribution in [2.75, 3.05) is 0 Å². The number of fused-ring (bicyclic) bond motifs is 21. The van der Waals surface area contributed by atoms with Crippen LogP contribution in [0, 0.1) is 194 Å². The van der Waals surface area contributed by atoms with Crippen molar-refractivity contribution >= 4 is 0 Å². The average Bonchev–Trinajstić information content (AvgIpc) is 1.66. The van der Waals surface area contributed by atoms with Crippen LogP contribution in [0.3, 0.4) is 0 Å². The highest BCUT2D eigenvalue weighted by Crippen LogP contribution is 2.49. The van der Waals surface area contributed by atoms with Crippen molar-refractivity contribution in [1.29, 1.82) is 0 Å². The van der Waals surface area contributed by atoms with E-state index in [1.54, 1.807) is 0 Å². The Morgan fingerprint density at radius 2 is 0.546 bits per heavy atom. The van der Waals surface area contributed by atoms with Gasteiger partial charge in [0.15, 0.2) is 0 Å². The zero-order valence-corrected chi connectivity index (χ0v) is 76.2. The zero-order chi connectivity index (χ0) is 85.1. The first-order chi connectivity index (χ1) is 56.6. The third kappa shape index (κ3) is 14.9. The molecule has 7 aromatic heterocycles. The SMILES string of the molecule is Cc1cc(C)c2c(c1)Cc1cnc(C)c(C)c1-2.Cc1ccc(C)c2c1Cc1cnc(C)c(C)c1-2.Cc1ccc2c(c1)-c1c(C)c(C)nc(C)c1C2.Cc1ccc2c(c1)Cc1c(C)nc(C)c(C)c1-2.Cc1ccc2c(c1C)-c1c(cnc(C)c1C)C2.Cc1cccc2c1-c1c(C)c(C)nc(C)c1C2.Cc1cccc2c1Cc1c(C)nc(C)c(C)c1-2. The lowest BCUT2D eigenvalue weighted by atomic mass is 9.94. The van der Waals surface area contributed by atoms with Gasteiger partial charge >= 0.3 is 0 Å². The summed E-state index contributed by atoms with van der Waals surface area (Å²) in [5, 5.41) is 0. The highest BCUT2D eigenvalue weighted by Gasteiger charge is 2.32. The molecule has 7 heterocycles. The molecule has 7 aromatic carbocycles. The molecule has 0 unspecified atom stereocenters. The van der Waals surface area contributed by atoms with E-state index in [4.69, 9.17) is 0 Å². The molecule has 21 rings (SSSR count). The number of aryl methyl sites for hydroxylation is 20. The number of benzene rings is 7. The van der Waals surface area contributed by atoms with Gasteiger partial charge in [-0.3, -0.25) is 34.9 Å². The standard InChI is InChI=1S/7C16H17N/c1-9-5-10(2)15-13(6-9)7-14-8-17-12(4)11(3)16(14)15;1-9-5-6-13-7-14-8-17-12(4)11(3)16(14)15(13)10(9)2;1-9-5-6-10(2)15-14(9)7-13-8-17-12(4)11(3)16(13)15;1-9-5-6-14-13(7-9)8-15-12(4)17-11(3)10(2)16(14)15;1-9-5-6-13-8-14-12(4)17-11(3)10(2)16(14)15(13)7-9;1-9-6-5-7-13-14(9)8-15-12(4)17-11(3)10(2)16(13)15;1-9-6-5-7-13-8-14-12(4)17-11(3)10(2)16(14)15(9)13/h3*5-6,8H,7H2,1-4H3;4*5-7H,8H2,1-4H3. The lowest BCUT2D eigenvalue weighted by Crippen LogP contribution is -1.98. The average molecular weight is 1560 g/mol. The monoisotopic (exact) mass is 1560 g/mol. The van der Waals surface area contributed by atoms with Crippen LogP contribution >= 0.6 is 0 Å². The van der Waals surface area contributed by atoms with Gasteiger partial charge in [0.05, 0.1) is 0 Å². The third-order valence-electron chi connectivity index (χ3n) is 27.8. The van der Waals surface area contributed by atoms with Crippen LogP contribution in [0.25, 0.3) is 77.9 Å². The molecule has 0 saturated heterocycles.